The van der Waals surface area contributed by atoms with Crippen LogP contribution in [0.4, 0.5) is 0 Å². The van der Waals surface area contributed by atoms with Crippen molar-refractivity contribution in [2.45, 2.75) is 0 Å². The molecule has 0 bridgehead atoms. The molecule has 0 radical (unpaired) electrons. The first-order valence-electron chi connectivity index (χ1n) is 3.24. The lowest BCUT2D eigenvalue weighted by molar-refractivity contribution is 1.48. The molecule has 0 heterocycles. The van der Waals surface area contributed by atoms with E-state index in [1.165, 1.54) is 0 Å². The highest BCUT2D eigenvalue weighted by Gasteiger charge is 1.95. The second kappa shape index (κ2) is 4.44. The van der Waals surface area contributed by atoms with E-state index in [0.717, 1.165) is 10.0 Å². The summed E-state index contributed by atoms with van der Waals surface area (Å²) < 4.78 is 0.965. The van der Waals surface area contributed by atoms with E-state index in [0.29, 0.717) is 5.56 Å². The molecule has 0 unspecified atom stereocenters. The van der Waals surface area contributed by atoms with E-state index in [1.54, 1.807) is 17.1 Å². The summed E-state index contributed by atoms with van der Waals surface area (Å²) in [6, 6.07) is 9.41. The van der Waals surface area contributed by atoms with Gasteiger partial charge in [-0.05, 0) is 38.6 Å². The van der Waals surface area contributed by atoms with Crippen molar-refractivity contribution < 1.29 is 0 Å². The topological polar surface area (TPSA) is 23.8 Å². The standard InChI is InChI=1S/C9H5Br2N/c10-5-9(11)8-3-1-7(6-12)2-4-8/h1-5H/b9-5+. The smallest absolute Gasteiger partial charge is 0.0991 e. The van der Waals surface area contributed by atoms with Gasteiger partial charge in [-0.25, -0.2) is 0 Å². The van der Waals surface area contributed by atoms with Crippen LogP contribution in [0.1, 0.15) is 11.1 Å². The average Bonchev–Trinajstić information content (AvgIpc) is 2.17. The molecule has 0 aliphatic rings. The Labute approximate surface area is 88.0 Å². The lowest BCUT2D eigenvalue weighted by Crippen LogP contribution is -1.77. The summed E-state index contributed by atoms with van der Waals surface area (Å²) in [5.74, 6) is 0. The first-order chi connectivity index (χ1) is 5.77. The molecule has 1 rings (SSSR count). The van der Waals surface area contributed by atoms with Crippen molar-refractivity contribution in [3.8, 4) is 6.07 Å². The van der Waals surface area contributed by atoms with Crippen molar-refractivity contribution in [1.82, 2.24) is 0 Å². The second-order valence-corrected chi connectivity index (χ2v) is 3.46. The predicted octanol–water partition coefficient (Wildman–Crippen LogP) is 3.65. The fourth-order valence-electron chi connectivity index (χ4n) is 0.767. The third-order valence-electron chi connectivity index (χ3n) is 1.39. The van der Waals surface area contributed by atoms with Crippen LogP contribution in [0.5, 0.6) is 0 Å². The van der Waals surface area contributed by atoms with E-state index in [1.807, 2.05) is 12.1 Å². The third kappa shape index (κ3) is 2.20. The van der Waals surface area contributed by atoms with Gasteiger partial charge in [-0.15, -0.1) is 0 Å². The van der Waals surface area contributed by atoms with Gasteiger partial charge >= 0.3 is 0 Å². The monoisotopic (exact) mass is 285 g/mol. The number of hydrogen-bond donors (Lipinski definition) is 0. The summed E-state index contributed by atoms with van der Waals surface area (Å²) in [4.78, 5) is 1.79. The van der Waals surface area contributed by atoms with Crippen molar-refractivity contribution in [3.05, 3.63) is 40.4 Å². The van der Waals surface area contributed by atoms with Gasteiger partial charge in [0, 0.05) is 4.48 Å². The van der Waals surface area contributed by atoms with Gasteiger partial charge in [0.15, 0.2) is 0 Å². The number of nitriles is 1. The highest BCUT2D eigenvalue weighted by atomic mass is 79.9. The Hall–Kier alpha value is -0.590. The quantitative estimate of drug-likeness (QED) is 0.773. The molecule has 60 valence electrons. The zero-order valence-corrected chi connectivity index (χ0v) is 9.26. The fourth-order valence-corrected chi connectivity index (χ4v) is 1.30. The maximum atomic E-state index is 8.54. The Morgan fingerprint density at radius 1 is 1.33 bits per heavy atom. The lowest BCUT2D eigenvalue weighted by Gasteiger charge is -1.96. The van der Waals surface area contributed by atoms with Gasteiger partial charge in [-0.1, -0.05) is 28.1 Å². The van der Waals surface area contributed by atoms with E-state index in [9.17, 15) is 0 Å². The van der Waals surface area contributed by atoms with E-state index in [4.69, 9.17) is 5.26 Å². The molecule has 0 aliphatic carbocycles. The molecule has 0 saturated carbocycles. The number of benzene rings is 1. The molecular formula is C9H5Br2N. The molecular weight excluding hydrogens is 282 g/mol. The van der Waals surface area contributed by atoms with Gasteiger partial charge < -0.3 is 0 Å². The van der Waals surface area contributed by atoms with Crippen LogP contribution in [0.2, 0.25) is 0 Å². The van der Waals surface area contributed by atoms with Gasteiger partial charge in [-0.2, -0.15) is 5.26 Å². The Morgan fingerprint density at radius 2 is 1.92 bits per heavy atom. The highest BCUT2D eigenvalue weighted by Crippen LogP contribution is 2.22. The minimum Gasteiger partial charge on any atom is -0.192 e. The average molecular weight is 287 g/mol. The molecule has 12 heavy (non-hydrogen) atoms. The lowest BCUT2D eigenvalue weighted by atomic mass is 10.1. The van der Waals surface area contributed by atoms with Crippen LogP contribution in [0.15, 0.2) is 29.3 Å². The van der Waals surface area contributed by atoms with Crippen LogP contribution in [0.25, 0.3) is 4.48 Å². The van der Waals surface area contributed by atoms with E-state index < -0.39 is 0 Å². The molecule has 0 spiro atoms. The molecule has 0 N–H and O–H groups in total. The van der Waals surface area contributed by atoms with Crippen molar-refractivity contribution in [1.29, 1.82) is 5.26 Å². The molecule has 1 aromatic rings. The summed E-state index contributed by atoms with van der Waals surface area (Å²) in [6.07, 6.45) is 0. The Morgan fingerprint density at radius 3 is 2.33 bits per heavy atom. The maximum Gasteiger partial charge on any atom is 0.0991 e. The van der Waals surface area contributed by atoms with Gasteiger partial charge in [0.25, 0.3) is 0 Å². The molecule has 0 atom stereocenters. The van der Waals surface area contributed by atoms with Crippen LogP contribution in [-0.2, 0) is 0 Å². The van der Waals surface area contributed by atoms with Crippen LogP contribution in [-0.4, -0.2) is 0 Å². The summed E-state index contributed by atoms with van der Waals surface area (Å²) in [5.41, 5.74) is 1.72. The molecule has 3 heteroatoms. The highest BCUT2D eigenvalue weighted by molar-refractivity contribution is 9.16. The van der Waals surface area contributed by atoms with Crippen molar-refractivity contribution in [2.24, 2.45) is 0 Å². The van der Waals surface area contributed by atoms with Crippen molar-refractivity contribution in [3.63, 3.8) is 0 Å². The largest absolute Gasteiger partial charge is 0.192 e. The zero-order valence-electron chi connectivity index (χ0n) is 6.09. The molecule has 0 fully saturated rings. The molecule has 0 saturated heterocycles. The normalized spacial score (nSPS) is 10.9. The molecule has 1 aromatic carbocycles. The molecule has 0 amide bonds. The summed E-state index contributed by atoms with van der Waals surface area (Å²) in [5, 5.41) is 8.54. The number of hydrogen-bond acceptors (Lipinski definition) is 1. The van der Waals surface area contributed by atoms with E-state index in [-0.39, 0.29) is 0 Å². The van der Waals surface area contributed by atoms with E-state index in [2.05, 4.69) is 37.9 Å². The minimum atomic E-state index is 0.675. The maximum absolute atomic E-state index is 8.54. The number of rotatable bonds is 1. The Bertz CT molecular complexity index is 333. The van der Waals surface area contributed by atoms with Crippen molar-refractivity contribution in [2.75, 3.05) is 0 Å². The first-order valence-corrected chi connectivity index (χ1v) is 4.95. The van der Waals surface area contributed by atoms with Gasteiger partial charge in [0.2, 0.25) is 0 Å². The molecule has 0 aliphatic heterocycles. The molecule has 0 aromatic heterocycles. The van der Waals surface area contributed by atoms with Gasteiger partial charge in [0.05, 0.1) is 11.6 Å². The van der Waals surface area contributed by atoms with Crippen LogP contribution >= 0.6 is 31.9 Å². The van der Waals surface area contributed by atoms with Crippen LogP contribution < -0.4 is 0 Å². The Kier molecular flexibility index (Phi) is 3.51. The summed E-state index contributed by atoms with van der Waals surface area (Å²) >= 11 is 6.58. The minimum absolute atomic E-state index is 0.675. The summed E-state index contributed by atoms with van der Waals surface area (Å²) in [6.45, 7) is 0. The van der Waals surface area contributed by atoms with Crippen LogP contribution in [0, 0.1) is 11.3 Å². The Balaban J connectivity index is 3.02. The van der Waals surface area contributed by atoms with Gasteiger partial charge in [-0.3, -0.25) is 0 Å². The fraction of sp³-hybridized carbons (Fsp3) is 0. The third-order valence-corrected chi connectivity index (χ3v) is 3.14. The van der Waals surface area contributed by atoms with Crippen molar-refractivity contribution >= 4 is 36.3 Å². The molecule has 1 nitrogen and oxygen atoms in total. The number of halogens is 2. The van der Waals surface area contributed by atoms with Gasteiger partial charge in [0.1, 0.15) is 0 Å². The SMILES string of the molecule is N#Cc1ccc(/C(Br)=C\Br)cc1. The zero-order chi connectivity index (χ0) is 8.97. The summed E-state index contributed by atoms with van der Waals surface area (Å²) in [7, 11) is 0. The van der Waals surface area contributed by atoms with Crippen LogP contribution in [0.3, 0.4) is 0 Å². The second-order valence-electron chi connectivity index (χ2n) is 2.15. The number of nitrogens with zero attached hydrogens (tertiary/aromatic N) is 1. The predicted molar refractivity (Wildman–Crippen MR) is 57.0 cm³/mol. The first kappa shape index (κ1) is 9.50. The van der Waals surface area contributed by atoms with E-state index >= 15 is 0 Å².